The molecule has 0 heterocycles. The molecule has 0 aliphatic heterocycles. The van der Waals surface area contributed by atoms with E-state index >= 15 is 0 Å². The van der Waals surface area contributed by atoms with Crippen LogP contribution in [0.5, 0.6) is 0 Å². The van der Waals surface area contributed by atoms with Crippen molar-refractivity contribution in [1.29, 1.82) is 0 Å². The maximum Gasteiger partial charge on any atom is 0.0994 e. The molecule has 0 aliphatic carbocycles. The van der Waals surface area contributed by atoms with Gasteiger partial charge in [-0.15, -0.1) is 0 Å². The van der Waals surface area contributed by atoms with Crippen molar-refractivity contribution in [2.75, 3.05) is 0 Å². The molecule has 0 N–H and O–H groups in total. The summed E-state index contributed by atoms with van der Waals surface area (Å²) >= 11 is 2.20. The lowest BCUT2D eigenvalue weighted by molar-refractivity contribution is 0.438. The maximum absolute atomic E-state index is 11.0. The third kappa shape index (κ3) is 5.19. The van der Waals surface area contributed by atoms with Crippen molar-refractivity contribution in [1.82, 2.24) is 0 Å². The molecule has 0 saturated heterocycles. The molecule has 15 heavy (non-hydrogen) atoms. The monoisotopic (exact) mass is 240 g/mol. The van der Waals surface area contributed by atoms with Crippen LogP contribution in [0.15, 0.2) is 35.2 Å². The number of hydrogen-bond acceptors (Lipinski definition) is 2. The van der Waals surface area contributed by atoms with Gasteiger partial charge < -0.3 is 0 Å². The summed E-state index contributed by atoms with van der Waals surface area (Å²) in [5.74, 6) is 0. The smallest absolute Gasteiger partial charge is 0.0994 e. The van der Waals surface area contributed by atoms with Crippen LogP contribution in [0, 0.1) is 5.41 Å². The highest BCUT2D eigenvalue weighted by Crippen LogP contribution is 2.27. The minimum atomic E-state index is 0.175. The van der Waals surface area contributed by atoms with Crippen LogP contribution >= 0.6 is 11.8 Å². The van der Waals surface area contributed by atoms with E-state index in [4.69, 9.17) is 0 Å². The minimum Gasteiger partial charge on any atom is -0.212 e. The van der Waals surface area contributed by atoms with Crippen LogP contribution in [-0.4, -0.2) is 8.41 Å². The van der Waals surface area contributed by atoms with E-state index in [1.165, 1.54) is 0 Å². The van der Waals surface area contributed by atoms with E-state index in [2.05, 4.69) is 20.8 Å². The van der Waals surface area contributed by atoms with Gasteiger partial charge in [0.2, 0.25) is 0 Å². The molecular formula is C12H16OS2. The van der Waals surface area contributed by atoms with Gasteiger partial charge in [-0.1, -0.05) is 50.7 Å². The lowest BCUT2D eigenvalue weighted by Gasteiger charge is -2.17. The Balaban J connectivity index is 2.68. The first-order chi connectivity index (χ1) is 7.01. The maximum atomic E-state index is 11.0. The summed E-state index contributed by atoms with van der Waals surface area (Å²) in [4.78, 5) is 1.14. The van der Waals surface area contributed by atoms with Crippen LogP contribution < -0.4 is 0 Å². The molecule has 0 amide bonds. The van der Waals surface area contributed by atoms with Gasteiger partial charge in [-0.2, -0.15) is 0 Å². The Morgan fingerprint density at radius 3 is 2.27 bits per heavy atom. The zero-order valence-electron chi connectivity index (χ0n) is 9.32. The predicted octanol–water partition coefficient (Wildman–Crippen LogP) is 3.56. The van der Waals surface area contributed by atoms with Crippen molar-refractivity contribution in [3.05, 3.63) is 30.3 Å². The summed E-state index contributed by atoms with van der Waals surface area (Å²) in [7, 11) is 0. The van der Waals surface area contributed by atoms with Crippen LogP contribution in [0.3, 0.4) is 0 Å². The summed E-state index contributed by atoms with van der Waals surface area (Å²) < 4.78 is 11.9. The topological polar surface area (TPSA) is 17.1 Å². The van der Waals surface area contributed by atoms with Crippen molar-refractivity contribution in [2.45, 2.75) is 32.1 Å². The van der Waals surface area contributed by atoms with E-state index in [9.17, 15) is 4.21 Å². The van der Waals surface area contributed by atoms with Crippen LogP contribution in [-0.2, 0) is 11.3 Å². The highest BCUT2D eigenvalue weighted by Gasteiger charge is 2.14. The summed E-state index contributed by atoms with van der Waals surface area (Å²) in [6.07, 6.45) is 0.848. The predicted molar refractivity (Wildman–Crippen MR) is 69.5 cm³/mol. The molecule has 1 aromatic carbocycles. The molecule has 1 nitrogen and oxygen atoms in total. The lowest BCUT2D eigenvalue weighted by atomic mass is 9.94. The summed E-state index contributed by atoms with van der Waals surface area (Å²) in [6, 6.07) is 10.0. The van der Waals surface area contributed by atoms with Gasteiger partial charge >= 0.3 is 0 Å². The van der Waals surface area contributed by atoms with Crippen LogP contribution in [0.4, 0.5) is 0 Å². The van der Waals surface area contributed by atoms with Gasteiger partial charge in [0.15, 0.2) is 0 Å². The second kappa shape index (κ2) is 5.52. The van der Waals surface area contributed by atoms with Crippen molar-refractivity contribution < 1.29 is 4.21 Å². The molecule has 0 aromatic heterocycles. The number of rotatable bonds is 2. The third-order valence-corrected chi connectivity index (χ3v) is 3.41. The molecule has 3 heteroatoms. The fraction of sp³-hybridized carbons (Fsp3) is 0.417. The molecule has 1 aromatic rings. The fourth-order valence-corrected chi connectivity index (χ4v) is 3.11. The van der Waals surface area contributed by atoms with Crippen LogP contribution in [0.1, 0.15) is 27.2 Å². The molecule has 0 fully saturated rings. The Morgan fingerprint density at radius 2 is 1.80 bits per heavy atom. The first-order valence-corrected chi connectivity index (χ1v) is 6.45. The molecule has 1 rings (SSSR count). The van der Waals surface area contributed by atoms with E-state index in [-0.39, 0.29) is 5.41 Å². The first-order valence-electron chi connectivity index (χ1n) is 4.90. The Hall–Kier alpha value is -0.540. The standard InChI is InChI=1S/C12H16OS2/c1-12(2,3)9-11(15-13)14-10-7-5-4-6-8-10/h4-8H,9H2,1-3H3. The summed E-state index contributed by atoms with van der Waals surface area (Å²) in [6.45, 7) is 6.44. The lowest BCUT2D eigenvalue weighted by Crippen LogP contribution is -2.10. The third-order valence-electron chi connectivity index (χ3n) is 1.74. The molecule has 0 spiro atoms. The first kappa shape index (κ1) is 12.5. The van der Waals surface area contributed by atoms with E-state index in [0.29, 0.717) is 11.3 Å². The van der Waals surface area contributed by atoms with Gasteiger partial charge in [-0.05, 0) is 24.0 Å². The molecule has 0 bridgehead atoms. The highest BCUT2D eigenvalue weighted by molar-refractivity contribution is 8.21. The summed E-state index contributed by atoms with van der Waals surface area (Å²) in [5, 5.41) is 0. The van der Waals surface area contributed by atoms with Crippen LogP contribution in [0.2, 0.25) is 0 Å². The Kier molecular flexibility index (Phi) is 4.61. The van der Waals surface area contributed by atoms with Gasteiger partial charge in [0, 0.05) is 4.90 Å². The fourth-order valence-electron chi connectivity index (χ4n) is 1.14. The number of benzene rings is 1. The van der Waals surface area contributed by atoms with Gasteiger partial charge in [0.1, 0.15) is 0 Å². The quantitative estimate of drug-likeness (QED) is 0.581. The van der Waals surface area contributed by atoms with Gasteiger partial charge in [-0.25, -0.2) is 4.21 Å². The molecular weight excluding hydrogens is 224 g/mol. The average Bonchev–Trinajstić information content (AvgIpc) is 2.16. The van der Waals surface area contributed by atoms with E-state index in [1.807, 2.05) is 30.3 Å². The van der Waals surface area contributed by atoms with Crippen LogP contribution in [0.25, 0.3) is 0 Å². The van der Waals surface area contributed by atoms with E-state index < -0.39 is 0 Å². The Morgan fingerprint density at radius 1 is 1.20 bits per heavy atom. The van der Waals surface area contributed by atoms with Crippen molar-refractivity contribution in [3.8, 4) is 0 Å². The second-order valence-electron chi connectivity index (χ2n) is 4.61. The van der Waals surface area contributed by atoms with Crippen molar-refractivity contribution in [2.24, 2.45) is 5.41 Å². The molecule has 0 radical (unpaired) electrons. The average molecular weight is 240 g/mol. The van der Waals surface area contributed by atoms with Crippen molar-refractivity contribution >= 4 is 27.2 Å². The molecule has 0 aliphatic rings. The Bertz CT molecular complexity index is 359. The van der Waals surface area contributed by atoms with E-state index in [0.717, 1.165) is 15.5 Å². The normalized spacial score (nSPS) is 11.1. The number of thioether (sulfide) groups is 1. The zero-order valence-corrected chi connectivity index (χ0v) is 11.0. The largest absolute Gasteiger partial charge is 0.212 e. The Labute approximate surface area is 99.4 Å². The highest BCUT2D eigenvalue weighted by atomic mass is 32.2. The van der Waals surface area contributed by atoms with E-state index in [1.54, 1.807) is 11.8 Å². The molecule has 0 unspecified atom stereocenters. The molecule has 0 atom stereocenters. The molecule has 82 valence electrons. The van der Waals surface area contributed by atoms with Crippen molar-refractivity contribution in [3.63, 3.8) is 0 Å². The van der Waals surface area contributed by atoms with Gasteiger partial charge in [0.25, 0.3) is 0 Å². The SMILES string of the molecule is CC(C)(C)CC(Sc1ccccc1)=S=O. The zero-order chi connectivity index (χ0) is 11.3. The number of hydrogen-bond donors (Lipinski definition) is 0. The summed E-state index contributed by atoms with van der Waals surface area (Å²) in [5.41, 5.74) is 0.175. The molecule has 0 saturated carbocycles. The van der Waals surface area contributed by atoms with Gasteiger partial charge in [-0.3, -0.25) is 0 Å². The van der Waals surface area contributed by atoms with Gasteiger partial charge in [0.05, 0.1) is 15.5 Å². The second-order valence-corrected chi connectivity index (χ2v) is 6.69. The minimum absolute atomic E-state index is 0.175.